The van der Waals surface area contributed by atoms with Crippen molar-refractivity contribution in [2.75, 3.05) is 5.32 Å². The molecule has 1 aliphatic heterocycles. The van der Waals surface area contributed by atoms with Crippen LogP contribution in [0.4, 0.5) is 5.69 Å². The summed E-state index contributed by atoms with van der Waals surface area (Å²) >= 11 is 0. The summed E-state index contributed by atoms with van der Waals surface area (Å²) in [4.78, 5) is 11.5. The average Bonchev–Trinajstić information content (AvgIpc) is 2.55. The van der Waals surface area contributed by atoms with E-state index in [9.17, 15) is 13.2 Å². The summed E-state index contributed by atoms with van der Waals surface area (Å²) < 4.78 is 29.9. The van der Waals surface area contributed by atoms with Crippen molar-refractivity contribution >= 4 is 21.7 Å². The molecule has 2 aromatic rings. The van der Waals surface area contributed by atoms with Crippen LogP contribution in [0.2, 0.25) is 0 Å². The van der Waals surface area contributed by atoms with Crippen LogP contribution in [0.3, 0.4) is 0 Å². The first-order valence-corrected chi connectivity index (χ1v) is 8.85. The molecule has 0 radical (unpaired) electrons. The highest BCUT2D eigenvalue weighted by molar-refractivity contribution is 7.87. The van der Waals surface area contributed by atoms with E-state index < -0.39 is 10.1 Å². The minimum absolute atomic E-state index is 0.0326. The van der Waals surface area contributed by atoms with E-state index in [0.717, 1.165) is 17.5 Å². The number of amides is 1. The predicted octanol–water partition coefficient (Wildman–Crippen LogP) is 2.90. The van der Waals surface area contributed by atoms with E-state index in [1.165, 1.54) is 0 Å². The molecule has 0 aliphatic carbocycles. The van der Waals surface area contributed by atoms with Crippen LogP contribution in [-0.4, -0.2) is 14.3 Å². The largest absolute Gasteiger partial charge is 0.379 e. The Bertz CT molecular complexity index is 841. The zero-order valence-electron chi connectivity index (χ0n) is 12.7. The summed E-state index contributed by atoms with van der Waals surface area (Å²) in [6.07, 6.45) is 1.81. The maximum atomic E-state index is 12.3. The zero-order valence-corrected chi connectivity index (χ0v) is 13.5. The van der Waals surface area contributed by atoms with Gasteiger partial charge in [0.25, 0.3) is 0 Å². The van der Waals surface area contributed by atoms with E-state index in [2.05, 4.69) is 5.32 Å². The molecule has 1 aliphatic rings. The molecule has 120 valence electrons. The lowest BCUT2D eigenvalue weighted by Crippen LogP contribution is -2.19. The Labute approximate surface area is 135 Å². The molecule has 6 heteroatoms. The first kappa shape index (κ1) is 15.6. The van der Waals surface area contributed by atoms with Gasteiger partial charge in [-0.3, -0.25) is 4.79 Å². The Morgan fingerprint density at radius 2 is 1.83 bits per heavy atom. The van der Waals surface area contributed by atoms with Gasteiger partial charge in [-0.05, 0) is 54.3 Å². The number of nitrogens with one attached hydrogen (secondary N) is 1. The number of hydrogen-bond donors (Lipinski definition) is 1. The Morgan fingerprint density at radius 3 is 2.52 bits per heavy atom. The standard InChI is InChI=1S/C17H17NO4S/c1-2-12-3-7-15(8-4-12)23(20,21)22-14-6-9-16-13(11-14)5-10-17(19)18-16/h3-4,6-9,11H,2,5,10H2,1H3,(H,18,19). The molecule has 1 N–H and O–H groups in total. The molecule has 3 rings (SSSR count). The van der Waals surface area contributed by atoms with Gasteiger partial charge in [-0.1, -0.05) is 19.1 Å². The molecule has 0 saturated carbocycles. The van der Waals surface area contributed by atoms with Gasteiger partial charge in [0.2, 0.25) is 5.91 Å². The van der Waals surface area contributed by atoms with Gasteiger partial charge < -0.3 is 9.50 Å². The minimum Gasteiger partial charge on any atom is -0.379 e. The van der Waals surface area contributed by atoms with Crippen molar-refractivity contribution in [2.24, 2.45) is 0 Å². The molecule has 0 unspecified atom stereocenters. The molecular weight excluding hydrogens is 314 g/mol. The summed E-state index contributed by atoms with van der Waals surface area (Å²) in [6.45, 7) is 2.01. The number of aryl methyl sites for hydroxylation is 2. The molecule has 1 amide bonds. The highest BCUT2D eigenvalue weighted by Gasteiger charge is 2.19. The average molecular weight is 331 g/mol. The van der Waals surface area contributed by atoms with Crippen LogP contribution in [0.5, 0.6) is 5.75 Å². The van der Waals surface area contributed by atoms with Gasteiger partial charge >= 0.3 is 10.1 Å². The number of anilines is 1. The molecule has 0 saturated heterocycles. The van der Waals surface area contributed by atoms with E-state index in [1.54, 1.807) is 42.5 Å². The van der Waals surface area contributed by atoms with Gasteiger partial charge in [-0.25, -0.2) is 0 Å². The van der Waals surface area contributed by atoms with Crippen molar-refractivity contribution < 1.29 is 17.4 Å². The van der Waals surface area contributed by atoms with Gasteiger partial charge in [0.1, 0.15) is 10.6 Å². The predicted molar refractivity (Wildman–Crippen MR) is 87.0 cm³/mol. The van der Waals surface area contributed by atoms with Crippen LogP contribution in [0, 0.1) is 0 Å². The molecule has 0 fully saturated rings. The molecule has 0 atom stereocenters. The van der Waals surface area contributed by atoms with Crippen LogP contribution in [0.1, 0.15) is 24.5 Å². The molecule has 5 nitrogen and oxygen atoms in total. The lowest BCUT2D eigenvalue weighted by molar-refractivity contribution is -0.116. The van der Waals surface area contributed by atoms with Crippen LogP contribution < -0.4 is 9.50 Å². The summed E-state index contributed by atoms with van der Waals surface area (Å²) in [5.74, 6) is 0.217. The molecule has 2 aromatic carbocycles. The normalized spacial score (nSPS) is 14.0. The number of fused-ring (bicyclic) bond motifs is 1. The summed E-state index contributed by atoms with van der Waals surface area (Å²) in [6, 6.07) is 11.5. The van der Waals surface area contributed by atoms with E-state index in [1.807, 2.05) is 6.92 Å². The minimum atomic E-state index is -3.86. The number of hydrogen-bond acceptors (Lipinski definition) is 4. The third-order valence-corrected chi connectivity index (χ3v) is 5.06. The van der Waals surface area contributed by atoms with Crippen molar-refractivity contribution in [2.45, 2.75) is 31.1 Å². The summed E-state index contributed by atoms with van der Waals surface area (Å²) in [7, 11) is -3.86. The Kier molecular flexibility index (Phi) is 4.09. The van der Waals surface area contributed by atoms with E-state index in [4.69, 9.17) is 4.18 Å². The number of benzene rings is 2. The monoisotopic (exact) mass is 331 g/mol. The third kappa shape index (κ3) is 3.37. The van der Waals surface area contributed by atoms with Crippen molar-refractivity contribution in [1.29, 1.82) is 0 Å². The fourth-order valence-corrected chi connectivity index (χ4v) is 3.40. The van der Waals surface area contributed by atoms with Crippen LogP contribution in [0.25, 0.3) is 0 Å². The van der Waals surface area contributed by atoms with Gasteiger partial charge in [-0.15, -0.1) is 0 Å². The van der Waals surface area contributed by atoms with Gasteiger partial charge in [0, 0.05) is 12.1 Å². The Balaban J connectivity index is 1.84. The van der Waals surface area contributed by atoms with Gasteiger partial charge in [-0.2, -0.15) is 8.42 Å². The highest BCUT2D eigenvalue weighted by atomic mass is 32.2. The van der Waals surface area contributed by atoms with E-state index in [-0.39, 0.29) is 16.6 Å². The Hall–Kier alpha value is -2.34. The van der Waals surface area contributed by atoms with Crippen LogP contribution >= 0.6 is 0 Å². The fraction of sp³-hybridized carbons (Fsp3) is 0.235. The second-order valence-electron chi connectivity index (χ2n) is 5.40. The quantitative estimate of drug-likeness (QED) is 0.874. The maximum absolute atomic E-state index is 12.3. The summed E-state index contributed by atoms with van der Waals surface area (Å²) in [5, 5.41) is 2.75. The molecule has 0 spiro atoms. The second-order valence-corrected chi connectivity index (χ2v) is 6.95. The van der Waals surface area contributed by atoms with Gasteiger partial charge in [0.15, 0.2) is 0 Å². The molecular formula is C17H17NO4S. The van der Waals surface area contributed by atoms with Crippen molar-refractivity contribution in [3.63, 3.8) is 0 Å². The highest BCUT2D eigenvalue weighted by Crippen LogP contribution is 2.28. The number of carbonyl (C=O) groups excluding carboxylic acids is 1. The molecule has 23 heavy (non-hydrogen) atoms. The zero-order chi connectivity index (χ0) is 16.4. The molecule has 0 bridgehead atoms. The summed E-state index contributed by atoms with van der Waals surface area (Å²) in [5.41, 5.74) is 2.64. The van der Waals surface area contributed by atoms with Crippen LogP contribution in [0.15, 0.2) is 47.4 Å². The Morgan fingerprint density at radius 1 is 1.09 bits per heavy atom. The third-order valence-electron chi connectivity index (χ3n) is 3.80. The first-order chi connectivity index (χ1) is 11.0. The topological polar surface area (TPSA) is 72.5 Å². The number of carbonyl (C=O) groups is 1. The van der Waals surface area contributed by atoms with E-state index in [0.29, 0.717) is 18.5 Å². The lowest BCUT2D eigenvalue weighted by Gasteiger charge is -2.17. The van der Waals surface area contributed by atoms with Gasteiger partial charge in [0.05, 0.1) is 0 Å². The molecule has 1 heterocycles. The first-order valence-electron chi connectivity index (χ1n) is 7.44. The van der Waals surface area contributed by atoms with Crippen molar-refractivity contribution in [3.05, 3.63) is 53.6 Å². The van der Waals surface area contributed by atoms with Crippen LogP contribution in [-0.2, 0) is 27.8 Å². The SMILES string of the molecule is CCc1ccc(S(=O)(=O)Oc2ccc3c(c2)CCC(=O)N3)cc1. The smallest absolute Gasteiger partial charge is 0.339 e. The molecule has 0 aromatic heterocycles. The van der Waals surface area contributed by atoms with Crippen molar-refractivity contribution in [3.8, 4) is 5.75 Å². The second kappa shape index (κ2) is 6.04. The van der Waals surface area contributed by atoms with E-state index >= 15 is 0 Å². The fourth-order valence-electron chi connectivity index (χ4n) is 2.48. The lowest BCUT2D eigenvalue weighted by atomic mass is 10.0. The maximum Gasteiger partial charge on any atom is 0.339 e. The van der Waals surface area contributed by atoms with Crippen molar-refractivity contribution in [1.82, 2.24) is 0 Å². The number of rotatable bonds is 4.